The van der Waals surface area contributed by atoms with Gasteiger partial charge in [0.2, 0.25) is 5.91 Å². The lowest BCUT2D eigenvalue weighted by Gasteiger charge is -2.33. The Morgan fingerprint density at radius 2 is 2.19 bits per heavy atom. The Balaban J connectivity index is 2.19. The summed E-state index contributed by atoms with van der Waals surface area (Å²) in [5.74, 6) is 0.883. The highest BCUT2D eigenvalue weighted by atomic mass is 16.5. The summed E-state index contributed by atoms with van der Waals surface area (Å²) in [6.45, 7) is 7.51. The number of hydrogen-bond acceptors (Lipinski definition) is 4. The molecular weight excluding hydrogens is 268 g/mol. The van der Waals surface area contributed by atoms with Crippen molar-refractivity contribution in [2.75, 3.05) is 26.8 Å². The van der Waals surface area contributed by atoms with E-state index in [2.05, 4.69) is 5.32 Å². The van der Waals surface area contributed by atoms with E-state index in [0.29, 0.717) is 19.7 Å². The number of benzene rings is 1. The molecule has 116 valence electrons. The second-order valence-electron chi connectivity index (χ2n) is 5.77. The van der Waals surface area contributed by atoms with Gasteiger partial charge in [-0.05, 0) is 38.5 Å². The molecule has 21 heavy (non-hydrogen) atoms. The molecule has 1 aliphatic rings. The summed E-state index contributed by atoms with van der Waals surface area (Å²) in [7, 11) is 1.64. The van der Waals surface area contributed by atoms with Gasteiger partial charge in [-0.2, -0.15) is 0 Å². The smallest absolute Gasteiger partial charge is 0.238 e. The summed E-state index contributed by atoms with van der Waals surface area (Å²) in [6, 6.07) is 7.79. The molecule has 0 saturated carbocycles. The van der Waals surface area contributed by atoms with Crippen molar-refractivity contribution in [1.29, 1.82) is 0 Å². The summed E-state index contributed by atoms with van der Waals surface area (Å²) in [6.07, 6.45) is -0.132. The van der Waals surface area contributed by atoms with Crippen molar-refractivity contribution in [1.82, 2.24) is 10.2 Å². The quantitative estimate of drug-likeness (QED) is 0.870. The van der Waals surface area contributed by atoms with Crippen molar-refractivity contribution in [3.05, 3.63) is 29.8 Å². The van der Waals surface area contributed by atoms with Crippen LogP contribution in [-0.4, -0.2) is 43.2 Å². The number of nitrogens with zero attached hydrogens (tertiary/aromatic N) is 1. The first-order chi connectivity index (χ1) is 9.96. The van der Waals surface area contributed by atoms with Crippen LogP contribution in [0.25, 0.3) is 0 Å². The van der Waals surface area contributed by atoms with Crippen LogP contribution in [0.2, 0.25) is 0 Å². The van der Waals surface area contributed by atoms with Crippen LogP contribution < -0.4 is 10.1 Å². The fraction of sp³-hybridized carbons (Fsp3) is 0.562. The minimum Gasteiger partial charge on any atom is -0.497 e. The van der Waals surface area contributed by atoms with Gasteiger partial charge in [0.25, 0.3) is 0 Å². The number of methoxy groups -OCH3 is 1. The van der Waals surface area contributed by atoms with Crippen LogP contribution in [0.5, 0.6) is 5.75 Å². The first kappa shape index (κ1) is 15.8. The molecule has 0 spiro atoms. The van der Waals surface area contributed by atoms with Gasteiger partial charge in [-0.1, -0.05) is 12.1 Å². The standard InChI is InChI=1S/C16H24N2O3/c1-5-21-16(2,3)11-18-14(19)10-17-15(18)12-7-6-8-13(9-12)20-4/h6-9,15,17H,5,10-11H2,1-4H3. The maximum Gasteiger partial charge on any atom is 0.238 e. The number of carbonyl (C=O) groups excluding carboxylic acids is 1. The summed E-state index contributed by atoms with van der Waals surface area (Å²) >= 11 is 0. The number of nitrogens with one attached hydrogen (secondary N) is 1. The second-order valence-corrected chi connectivity index (χ2v) is 5.77. The average Bonchev–Trinajstić information content (AvgIpc) is 2.79. The molecule has 1 N–H and O–H groups in total. The zero-order valence-electron chi connectivity index (χ0n) is 13.2. The van der Waals surface area contributed by atoms with Gasteiger partial charge in [0.15, 0.2) is 0 Å². The number of amides is 1. The van der Waals surface area contributed by atoms with E-state index in [-0.39, 0.29) is 17.7 Å². The SMILES string of the molecule is CCOC(C)(C)CN1C(=O)CNC1c1cccc(OC)c1. The van der Waals surface area contributed by atoms with Gasteiger partial charge in [-0.3, -0.25) is 10.1 Å². The van der Waals surface area contributed by atoms with Crippen LogP contribution in [0.15, 0.2) is 24.3 Å². The van der Waals surface area contributed by atoms with E-state index in [1.165, 1.54) is 0 Å². The molecule has 0 aromatic heterocycles. The molecular formula is C16H24N2O3. The Morgan fingerprint density at radius 3 is 2.86 bits per heavy atom. The summed E-state index contributed by atoms with van der Waals surface area (Å²) < 4.78 is 11.0. The third-order valence-corrected chi connectivity index (χ3v) is 3.57. The largest absolute Gasteiger partial charge is 0.497 e. The van der Waals surface area contributed by atoms with Crippen LogP contribution in [0.3, 0.4) is 0 Å². The molecule has 1 aliphatic heterocycles. The molecule has 1 atom stereocenters. The van der Waals surface area contributed by atoms with Gasteiger partial charge in [-0.25, -0.2) is 0 Å². The molecule has 1 amide bonds. The van der Waals surface area contributed by atoms with Crippen molar-refractivity contribution in [3.63, 3.8) is 0 Å². The third-order valence-electron chi connectivity index (χ3n) is 3.57. The summed E-state index contributed by atoms with van der Waals surface area (Å²) in [5, 5.41) is 3.25. The summed E-state index contributed by atoms with van der Waals surface area (Å²) in [5.41, 5.74) is 0.653. The Bertz CT molecular complexity index is 502. The molecule has 1 aromatic carbocycles. The predicted octanol–water partition coefficient (Wildman–Crippen LogP) is 1.94. The Labute approximate surface area is 126 Å². The van der Waals surface area contributed by atoms with Gasteiger partial charge < -0.3 is 14.4 Å². The second kappa shape index (κ2) is 6.45. The van der Waals surface area contributed by atoms with Crippen molar-refractivity contribution in [3.8, 4) is 5.75 Å². The Kier molecular flexibility index (Phi) is 4.85. The number of ether oxygens (including phenoxy) is 2. The predicted molar refractivity (Wildman–Crippen MR) is 81.2 cm³/mol. The van der Waals surface area contributed by atoms with Crippen LogP contribution in [-0.2, 0) is 9.53 Å². The molecule has 2 rings (SSSR count). The lowest BCUT2D eigenvalue weighted by Crippen LogP contribution is -2.43. The molecule has 5 nitrogen and oxygen atoms in total. The number of carbonyl (C=O) groups is 1. The van der Waals surface area contributed by atoms with Gasteiger partial charge in [0.1, 0.15) is 11.9 Å². The average molecular weight is 292 g/mol. The van der Waals surface area contributed by atoms with Crippen LogP contribution in [0, 0.1) is 0 Å². The molecule has 0 bridgehead atoms. The molecule has 5 heteroatoms. The molecule has 1 heterocycles. The van der Waals surface area contributed by atoms with Crippen LogP contribution in [0.4, 0.5) is 0 Å². The van der Waals surface area contributed by atoms with E-state index in [0.717, 1.165) is 11.3 Å². The van der Waals surface area contributed by atoms with Crippen molar-refractivity contribution in [2.45, 2.75) is 32.5 Å². The van der Waals surface area contributed by atoms with Crippen molar-refractivity contribution < 1.29 is 14.3 Å². The maximum atomic E-state index is 12.2. The van der Waals surface area contributed by atoms with Crippen molar-refractivity contribution >= 4 is 5.91 Å². The highest BCUT2D eigenvalue weighted by molar-refractivity contribution is 5.81. The lowest BCUT2D eigenvalue weighted by atomic mass is 10.1. The zero-order valence-corrected chi connectivity index (χ0v) is 13.2. The highest BCUT2D eigenvalue weighted by Crippen LogP contribution is 2.27. The first-order valence-corrected chi connectivity index (χ1v) is 7.27. The molecule has 1 unspecified atom stereocenters. The maximum absolute atomic E-state index is 12.2. The van der Waals surface area contributed by atoms with Gasteiger partial charge >= 0.3 is 0 Å². The van der Waals surface area contributed by atoms with Crippen molar-refractivity contribution in [2.24, 2.45) is 0 Å². The zero-order chi connectivity index (χ0) is 15.5. The molecule has 0 aliphatic carbocycles. The highest BCUT2D eigenvalue weighted by Gasteiger charge is 2.35. The lowest BCUT2D eigenvalue weighted by molar-refractivity contribution is -0.132. The number of rotatable bonds is 6. The van der Waals surface area contributed by atoms with E-state index < -0.39 is 0 Å². The van der Waals surface area contributed by atoms with E-state index in [9.17, 15) is 4.79 Å². The fourth-order valence-corrected chi connectivity index (χ4v) is 2.68. The Morgan fingerprint density at radius 1 is 1.43 bits per heavy atom. The Hall–Kier alpha value is -1.59. The topological polar surface area (TPSA) is 50.8 Å². The molecule has 1 aromatic rings. The normalized spacial score (nSPS) is 19.1. The van der Waals surface area contributed by atoms with Crippen LogP contribution in [0.1, 0.15) is 32.5 Å². The van der Waals surface area contributed by atoms with Crippen LogP contribution >= 0.6 is 0 Å². The monoisotopic (exact) mass is 292 g/mol. The minimum absolute atomic E-state index is 0.0931. The fourth-order valence-electron chi connectivity index (χ4n) is 2.68. The van der Waals surface area contributed by atoms with E-state index in [1.54, 1.807) is 7.11 Å². The third kappa shape index (κ3) is 3.74. The summed E-state index contributed by atoms with van der Waals surface area (Å²) in [4.78, 5) is 14.0. The minimum atomic E-state index is -0.368. The van der Waals surface area contributed by atoms with Gasteiger partial charge in [0.05, 0.1) is 25.8 Å². The van der Waals surface area contributed by atoms with Gasteiger partial charge in [-0.15, -0.1) is 0 Å². The van der Waals surface area contributed by atoms with E-state index >= 15 is 0 Å². The molecule has 1 saturated heterocycles. The first-order valence-electron chi connectivity index (χ1n) is 7.27. The number of hydrogen-bond donors (Lipinski definition) is 1. The molecule has 0 radical (unpaired) electrons. The van der Waals surface area contributed by atoms with E-state index in [1.807, 2.05) is 49.9 Å². The molecule has 1 fully saturated rings. The van der Waals surface area contributed by atoms with E-state index in [4.69, 9.17) is 9.47 Å². The van der Waals surface area contributed by atoms with Gasteiger partial charge in [0, 0.05) is 6.61 Å².